The minimum Gasteiger partial charge on any atom is -0.490 e. The first-order valence-electron chi connectivity index (χ1n) is 9.65. The number of hydrogen-bond acceptors (Lipinski definition) is 5. The molecule has 7 nitrogen and oxygen atoms in total. The van der Waals surface area contributed by atoms with Crippen molar-refractivity contribution in [2.45, 2.75) is 13.8 Å². The maximum atomic E-state index is 13.2. The van der Waals surface area contributed by atoms with Crippen LogP contribution < -0.4 is 19.7 Å². The molecule has 1 N–H and O–H groups in total. The Morgan fingerprint density at radius 1 is 1.22 bits per heavy atom. The van der Waals surface area contributed by atoms with E-state index >= 15 is 0 Å². The van der Waals surface area contributed by atoms with Gasteiger partial charge in [-0.25, -0.2) is 9.69 Å². The lowest BCUT2D eigenvalue weighted by molar-refractivity contribution is -0.122. The second-order valence-corrected chi connectivity index (χ2v) is 7.97. The van der Waals surface area contributed by atoms with E-state index in [1.165, 1.54) is 6.08 Å². The Kier molecular flexibility index (Phi) is 7.37. The normalized spacial score (nSPS) is 15.1. The summed E-state index contributed by atoms with van der Waals surface area (Å²) in [7, 11) is 0. The first-order valence-corrected chi connectivity index (χ1v) is 10.8. The van der Waals surface area contributed by atoms with Crippen LogP contribution in [0.3, 0.4) is 0 Å². The van der Waals surface area contributed by atoms with Gasteiger partial charge < -0.3 is 9.47 Å². The number of nitrogens with one attached hydrogen (secondary N) is 1. The molecule has 32 heavy (non-hydrogen) atoms. The summed E-state index contributed by atoms with van der Waals surface area (Å²) in [6.07, 6.45) is 2.99. The van der Waals surface area contributed by atoms with Gasteiger partial charge in [0.1, 0.15) is 12.2 Å². The van der Waals surface area contributed by atoms with Crippen molar-refractivity contribution in [1.29, 1.82) is 0 Å². The Bertz CT molecular complexity index is 1150. The van der Waals surface area contributed by atoms with Crippen molar-refractivity contribution in [2.75, 3.05) is 18.1 Å². The highest BCUT2D eigenvalue weighted by atomic mass is 79.9. The maximum absolute atomic E-state index is 13.2. The molecule has 0 unspecified atom stereocenters. The Morgan fingerprint density at radius 2 is 1.97 bits per heavy atom. The summed E-state index contributed by atoms with van der Waals surface area (Å²) in [5.41, 5.74) is 1.12. The molecule has 1 heterocycles. The third-order valence-corrected chi connectivity index (χ3v) is 5.57. The Labute approximate surface area is 198 Å². The average molecular weight is 520 g/mol. The summed E-state index contributed by atoms with van der Waals surface area (Å²) in [6, 6.07) is 7.34. The zero-order valence-corrected chi connectivity index (χ0v) is 19.7. The number of anilines is 1. The van der Waals surface area contributed by atoms with Gasteiger partial charge in [-0.1, -0.05) is 30.3 Å². The number of ether oxygens (including phenoxy) is 2. The number of benzene rings is 2. The molecule has 1 fully saturated rings. The Hall–Kier alpha value is -3.10. The van der Waals surface area contributed by atoms with Crippen LogP contribution in [-0.2, 0) is 9.59 Å². The zero-order valence-electron chi connectivity index (χ0n) is 17.4. The van der Waals surface area contributed by atoms with Crippen molar-refractivity contribution in [2.24, 2.45) is 0 Å². The average Bonchev–Trinajstić information content (AvgIpc) is 2.73. The number of halogens is 2. The molecule has 3 rings (SSSR count). The molecule has 0 aromatic heterocycles. The summed E-state index contributed by atoms with van der Waals surface area (Å²) in [4.78, 5) is 39.0. The summed E-state index contributed by atoms with van der Waals surface area (Å²) < 4.78 is 11.9. The second kappa shape index (κ2) is 10.0. The van der Waals surface area contributed by atoms with Gasteiger partial charge in [0.05, 0.1) is 16.8 Å². The van der Waals surface area contributed by atoms with Gasteiger partial charge in [0.25, 0.3) is 11.8 Å². The van der Waals surface area contributed by atoms with Crippen molar-refractivity contribution in [3.05, 3.63) is 69.2 Å². The van der Waals surface area contributed by atoms with Crippen molar-refractivity contribution in [3.63, 3.8) is 0 Å². The number of rotatable bonds is 7. The van der Waals surface area contributed by atoms with Crippen molar-refractivity contribution in [3.8, 4) is 11.5 Å². The minimum absolute atomic E-state index is 0.210. The number of carbonyl (C=O) groups is 3. The van der Waals surface area contributed by atoms with Gasteiger partial charge in [-0.3, -0.25) is 14.9 Å². The molecule has 4 amide bonds. The van der Waals surface area contributed by atoms with Gasteiger partial charge in [-0.15, -0.1) is 0 Å². The van der Waals surface area contributed by atoms with Crippen LogP contribution in [0.25, 0.3) is 6.08 Å². The van der Waals surface area contributed by atoms with Crippen molar-refractivity contribution < 1.29 is 23.9 Å². The van der Waals surface area contributed by atoms with Crippen LogP contribution in [0.4, 0.5) is 10.5 Å². The van der Waals surface area contributed by atoms with E-state index in [0.717, 1.165) is 4.90 Å². The molecule has 9 heteroatoms. The fraction of sp³-hybridized carbons (Fsp3) is 0.174. The summed E-state index contributed by atoms with van der Waals surface area (Å²) in [5, 5.41) is 2.60. The number of nitrogens with zero attached hydrogens (tertiary/aromatic N) is 1. The third kappa shape index (κ3) is 4.71. The second-order valence-electron chi connectivity index (χ2n) is 6.70. The SMILES string of the molecule is C=CCOc1c(Br)cc(/C=C2\C(=O)NC(=O)N(c3cccc(Cl)c3C)C2=O)cc1OCC. The molecule has 2 aromatic carbocycles. The molecule has 0 atom stereocenters. The van der Waals surface area contributed by atoms with Crippen molar-refractivity contribution in [1.82, 2.24) is 5.32 Å². The van der Waals surface area contributed by atoms with Crippen LogP contribution in [-0.4, -0.2) is 31.1 Å². The molecule has 0 spiro atoms. The van der Waals surface area contributed by atoms with Crippen LogP contribution in [0.15, 0.2) is 53.0 Å². The molecular formula is C23H20BrClN2O5. The van der Waals surface area contributed by atoms with Gasteiger partial charge >= 0.3 is 6.03 Å². The molecule has 0 radical (unpaired) electrons. The summed E-state index contributed by atoms with van der Waals surface area (Å²) in [5.74, 6) is -0.653. The largest absolute Gasteiger partial charge is 0.490 e. The molecular weight excluding hydrogens is 500 g/mol. The lowest BCUT2D eigenvalue weighted by Gasteiger charge is -2.27. The van der Waals surface area contributed by atoms with E-state index in [1.807, 2.05) is 6.92 Å². The monoisotopic (exact) mass is 518 g/mol. The van der Waals surface area contributed by atoms with Gasteiger partial charge in [0, 0.05) is 5.02 Å². The smallest absolute Gasteiger partial charge is 0.335 e. The van der Waals surface area contributed by atoms with Gasteiger partial charge in [-0.05, 0) is 71.2 Å². The lowest BCUT2D eigenvalue weighted by atomic mass is 10.1. The number of barbiturate groups is 1. The van der Waals surface area contributed by atoms with Crippen LogP contribution in [0.5, 0.6) is 11.5 Å². The van der Waals surface area contributed by atoms with E-state index in [9.17, 15) is 14.4 Å². The van der Waals surface area contributed by atoms with Crippen LogP contribution >= 0.6 is 27.5 Å². The molecule has 1 aliphatic heterocycles. The molecule has 0 aliphatic carbocycles. The number of imide groups is 2. The third-order valence-electron chi connectivity index (χ3n) is 4.57. The fourth-order valence-corrected chi connectivity index (χ4v) is 3.84. The highest BCUT2D eigenvalue weighted by Gasteiger charge is 2.37. The van der Waals surface area contributed by atoms with E-state index in [1.54, 1.807) is 43.3 Å². The molecule has 0 saturated carbocycles. The number of amides is 4. The fourth-order valence-electron chi connectivity index (χ4n) is 3.10. The first kappa shape index (κ1) is 23.6. The van der Waals surface area contributed by atoms with E-state index in [-0.39, 0.29) is 12.2 Å². The first-order chi connectivity index (χ1) is 15.3. The molecule has 166 valence electrons. The quantitative estimate of drug-likeness (QED) is 0.315. The number of hydrogen-bond donors (Lipinski definition) is 1. The van der Waals surface area contributed by atoms with Crippen LogP contribution in [0.1, 0.15) is 18.1 Å². The van der Waals surface area contributed by atoms with Crippen LogP contribution in [0, 0.1) is 6.92 Å². The van der Waals surface area contributed by atoms with Crippen LogP contribution in [0.2, 0.25) is 5.02 Å². The highest BCUT2D eigenvalue weighted by Crippen LogP contribution is 2.38. The predicted molar refractivity (Wildman–Crippen MR) is 126 cm³/mol. The predicted octanol–water partition coefficient (Wildman–Crippen LogP) is 5.04. The molecule has 1 saturated heterocycles. The summed E-state index contributed by atoms with van der Waals surface area (Å²) >= 11 is 9.59. The van der Waals surface area contributed by atoms with E-state index in [2.05, 4.69) is 27.8 Å². The van der Waals surface area contributed by atoms with Gasteiger partial charge in [0.15, 0.2) is 11.5 Å². The van der Waals surface area contributed by atoms with Crippen molar-refractivity contribution >= 4 is 57.1 Å². The Balaban J connectivity index is 2.06. The van der Waals surface area contributed by atoms with E-state index in [0.29, 0.717) is 44.4 Å². The number of carbonyl (C=O) groups excluding carboxylic acids is 3. The minimum atomic E-state index is -0.841. The summed E-state index contributed by atoms with van der Waals surface area (Å²) in [6.45, 7) is 7.80. The zero-order chi connectivity index (χ0) is 23.4. The molecule has 1 aliphatic rings. The van der Waals surface area contributed by atoms with Gasteiger partial charge in [0.2, 0.25) is 0 Å². The standard InChI is InChI=1S/C23H20BrClN2O5/c1-4-9-32-20-16(24)11-14(12-19(20)31-5-2)10-15-21(28)26-23(30)27(22(15)29)18-8-6-7-17(25)13(18)3/h4,6-8,10-12H,1,5,9H2,2-3H3,(H,26,28,30)/b15-10+. The maximum Gasteiger partial charge on any atom is 0.335 e. The van der Waals surface area contributed by atoms with E-state index < -0.39 is 17.8 Å². The van der Waals surface area contributed by atoms with Gasteiger partial charge in [-0.2, -0.15) is 0 Å². The lowest BCUT2D eigenvalue weighted by Crippen LogP contribution is -2.54. The topological polar surface area (TPSA) is 84.9 Å². The highest BCUT2D eigenvalue weighted by molar-refractivity contribution is 9.10. The number of urea groups is 1. The molecule has 2 aromatic rings. The Morgan fingerprint density at radius 3 is 2.66 bits per heavy atom. The van der Waals surface area contributed by atoms with E-state index in [4.69, 9.17) is 21.1 Å². The molecule has 0 bridgehead atoms.